The quantitative estimate of drug-likeness (QED) is 0.466. The number of aromatic nitrogens is 4. The van der Waals surface area contributed by atoms with Crippen molar-refractivity contribution in [3.05, 3.63) is 76.4 Å². The van der Waals surface area contributed by atoms with Gasteiger partial charge in [-0.3, -0.25) is 4.79 Å². The molecule has 4 rings (SSSR count). The van der Waals surface area contributed by atoms with E-state index in [1.165, 1.54) is 11.0 Å². The molecule has 14 heteroatoms. The molecule has 3 aromatic rings. The molecule has 0 aliphatic carbocycles. The van der Waals surface area contributed by atoms with Crippen LogP contribution in [0.4, 0.5) is 26.7 Å². The molecule has 0 spiro atoms. The van der Waals surface area contributed by atoms with Gasteiger partial charge in [0.05, 0.1) is 29.2 Å². The fourth-order valence-corrected chi connectivity index (χ4v) is 4.27. The van der Waals surface area contributed by atoms with Gasteiger partial charge in [0.2, 0.25) is 11.6 Å². The number of aryl methyl sites for hydroxylation is 2. The van der Waals surface area contributed by atoms with Crippen molar-refractivity contribution in [2.24, 2.45) is 0 Å². The number of carbonyl (C=O) groups is 2. The van der Waals surface area contributed by atoms with Crippen LogP contribution >= 0.6 is 0 Å². The van der Waals surface area contributed by atoms with E-state index < -0.39 is 41.4 Å². The molecule has 206 valence electrons. The molecule has 1 aromatic carbocycles. The number of ether oxygens (including phenoxy) is 1. The maximum Gasteiger partial charge on any atom is 0.451 e. The molecule has 0 saturated carbocycles. The van der Waals surface area contributed by atoms with Gasteiger partial charge in [-0.15, -0.1) is 0 Å². The van der Waals surface area contributed by atoms with Gasteiger partial charge in [-0.2, -0.15) is 13.2 Å². The number of nitrogens with one attached hydrogen (secondary N) is 1. The third-order valence-electron chi connectivity index (χ3n) is 6.10. The van der Waals surface area contributed by atoms with Gasteiger partial charge >= 0.3 is 12.3 Å². The first-order valence-electron chi connectivity index (χ1n) is 11.9. The Morgan fingerprint density at radius 3 is 2.36 bits per heavy atom. The summed E-state index contributed by atoms with van der Waals surface area (Å²) in [5.41, 5.74) is 0.964. The molecule has 0 unspecified atom stereocenters. The Morgan fingerprint density at radius 1 is 1.05 bits per heavy atom. The molecule has 0 radical (unpaired) electrons. The number of hydrogen-bond donors (Lipinski definition) is 1. The summed E-state index contributed by atoms with van der Waals surface area (Å²) in [7, 11) is 0. The van der Waals surface area contributed by atoms with E-state index in [9.17, 15) is 31.5 Å². The molecule has 39 heavy (non-hydrogen) atoms. The van der Waals surface area contributed by atoms with Gasteiger partial charge in [0, 0.05) is 25.2 Å². The number of piperidine rings is 1. The van der Waals surface area contributed by atoms with Crippen LogP contribution in [0.25, 0.3) is 0 Å². The molecule has 1 fully saturated rings. The van der Waals surface area contributed by atoms with E-state index >= 15 is 0 Å². The van der Waals surface area contributed by atoms with Crippen LogP contribution in [-0.4, -0.2) is 49.9 Å². The largest absolute Gasteiger partial charge is 0.451 e. The van der Waals surface area contributed by atoms with E-state index in [4.69, 9.17) is 4.74 Å². The Kier molecular flexibility index (Phi) is 8.02. The summed E-state index contributed by atoms with van der Waals surface area (Å²) < 4.78 is 71.4. The molecule has 1 saturated heterocycles. The van der Waals surface area contributed by atoms with Crippen LogP contribution in [0.3, 0.4) is 0 Å². The van der Waals surface area contributed by atoms with Crippen molar-refractivity contribution in [2.45, 2.75) is 45.3 Å². The lowest BCUT2D eigenvalue weighted by atomic mass is 9.89. The second kappa shape index (κ2) is 11.3. The molecule has 2 aromatic heterocycles. The first kappa shape index (κ1) is 27.8. The van der Waals surface area contributed by atoms with Crippen molar-refractivity contribution in [3.63, 3.8) is 0 Å². The van der Waals surface area contributed by atoms with Crippen molar-refractivity contribution < 1.29 is 36.3 Å². The number of benzene rings is 1. The van der Waals surface area contributed by atoms with E-state index in [1.54, 1.807) is 13.8 Å². The molecule has 1 N–H and O–H groups in total. The maximum absolute atomic E-state index is 13.9. The van der Waals surface area contributed by atoms with Crippen LogP contribution in [-0.2, 0) is 12.7 Å². The topological polar surface area (TPSA) is 110 Å². The lowest BCUT2D eigenvalue weighted by Crippen LogP contribution is -2.40. The van der Waals surface area contributed by atoms with Crippen LogP contribution in [0.2, 0.25) is 0 Å². The average molecular weight is 550 g/mol. The molecular weight excluding hydrogens is 527 g/mol. The van der Waals surface area contributed by atoms with Crippen LogP contribution in [0.5, 0.6) is 5.75 Å². The minimum absolute atomic E-state index is 0.0315. The summed E-state index contributed by atoms with van der Waals surface area (Å²) in [6.07, 6.45) is -3.94. The van der Waals surface area contributed by atoms with Gasteiger partial charge in [-0.1, -0.05) is 6.07 Å². The monoisotopic (exact) mass is 550 g/mol. The summed E-state index contributed by atoms with van der Waals surface area (Å²) in [5.74, 6) is -4.54. The van der Waals surface area contributed by atoms with Gasteiger partial charge in [0.15, 0.2) is 11.6 Å². The summed E-state index contributed by atoms with van der Waals surface area (Å²) in [6, 6.07) is 4.37. The molecular formula is C25H23F5N6O3. The summed E-state index contributed by atoms with van der Waals surface area (Å²) in [4.78, 5) is 42.3. The molecule has 1 aliphatic heterocycles. The van der Waals surface area contributed by atoms with Crippen LogP contribution in [0.1, 0.15) is 57.8 Å². The number of likely N-dealkylation sites (tertiary alicyclic amines) is 1. The van der Waals surface area contributed by atoms with Crippen molar-refractivity contribution in [3.8, 4) is 5.75 Å². The zero-order valence-corrected chi connectivity index (χ0v) is 20.9. The Morgan fingerprint density at radius 2 is 1.72 bits per heavy atom. The fraction of sp³-hybridized carbons (Fsp3) is 0.360. The lowest BCUT2D eigenvalue weighted by Gasteiger charge is -2.32. The highest BCUT2D eigenvalue weighted by molar-refractivity contribution is 5.96. The van der Waals surface area contributed by atoms with Crippen molar-refractivity contribution in [2.75, 3.05) is 13.1 Å². The zero-order valence-electron chi connectivity index (χ0n) is 20.9. The van der Waals surface area contributed by atoms with Gasteiger partial charge in [-0.05, 0) is 44.9 Å². The summed E-state index contributed by atoms with van der Waals surface area (Å²) >= 11 is 0. The highest BCUT2D eigenvalue weighted by atomic mass is 19.4. The van der Waals surface area contributed by atoms with E-state index in [2.05, 4.69) is 25.3 Å². The molecule has 2 amide bonds. The molecule has 0 atom stereocenters. The third kappa shape index (κ3) is 6.44. The standard InChI is InChI=1S/C25H23F5N6O3/c1-13-19(22(37)32-12-16-6-9-31-23(35-16)25(28,29)30)20(34-14(2)33-13)15-7-10-36(11-8-15)24(38)39-21-17(26)4-3-5-18(21)27/h3-6,9,15H,7-8,10-12H2,1-2H3,(H,32,37). The first-order chi connectivity index (χ1) is 18.4. The van der Waals surface area contributed by atoms with Gasteiger partial charge in [0.1, 0.15) is 5.82 Å². The average Bonchev–Trinajstić information content (AvgIpc) is 2.88. The molecule has 0 bridgehead atoms. The van der Waals surface area contributed by atoms with Crippen LogP contribution in [0.15, 0.2) is 30.5 Å². The normalized spacial score (nSPS) is 14.3. The van der Waals surface area contributed by atoms with Gasteiger partial charge in [0.25, 0.3) is 5.91 Å². The smallest absolute Gasteiger partial charge is 0.404 e. The van der Waals surface area contributed by atoms with Crippen molar-refractivity contribution >= 4 is 12.0 Å². The minimum Gasteiger partial charge on any atom is -0.404 e. The number of carbonyl (C=O) groups excluding carboxylic acids is 2. The lowest BCUT2D eigenvalue weighted by molar-refractivity contribution is -0.145. The van der Waals surface area contributed by atoms with E-state index in [0.29, 0.717) is 30.1 Å². The second-order valence-electron chi connectivity index (χ2n) is 8.85. The molecule has 3 heterocycles. The second-order valence-corrected chi connectivity index (χ2v) is 8.85. The zero-order chi connectivity index (χ0) is 28.3. The van der Waals surface area contributed by atoms with Crippen molar-refractivity contribution in [1.29, 1.82) is 0 Å². The minimum atomic E-state index is -4.72. The number of halogens is 5. The Hall–Kier alpha value is -4.23. The van der Waals surface area contributed by atoms with Gasteiger partial charge < -0.3 is 15.0 Å². The predicted octanol–water partition coefficient (Wildman–Crippen LogP) is 4.49. The number of nitrogens with zero attached hydrogens (tertiary/aromatic N) is 5. The number of rotatable bonds is 5. The Balaban J connectivity index is 1.45. The molecule has 1 aliphatic rings. The highest BCUT2D eigenvalue weighted by Crippen LogP contribution is 2.31. The van der Waals surface area contributed by atoms with Crippen molar-refractivity contribution in [1.82, 2.24) is 30.2 Å². The first-order valence-corrected chi connectivity index (χ1v) is 11.9. The summed E-state index contributed by atoms with van der Waals surface area (Å²) in [5, 5.41) is 2.57. The SMILES string of the molecule is Cc1nc(C)c(C(=O)NCc2ccnc(C(F)(F)F)n2)c(C2CCN(C(=O)Oc3c(F)cccc3F)CC2)n1. The third-order valence-corrected chi connectivity index (χ3v) is 6.10. The number of para-hydroxylation sites is 1. The van der Waals surface area contributed by atoms with Crippen LogP contribution < -0.4 is 10.1 Å². The maximum atomic E-state index is 13.9. The fourth-order valence-electron chi connectivity index (χ4n) is 4.27. The van der Waals surface area contributed by atoms with E-state index in [-0.39, 0.29) is 36.8 Å². The summed E-state index contributed by atoms with van der Waals surface area (Å²) in [6.45, 7) is 3.34. The van der Waals surface area contributed by atoms with Crippen LogP contribution in [0, 0.1) is 25.5 Å². The Labute approximate surface area is 219 Å². The van der Waals surface area contributed by atoms with Gasteiger partial charge in [-0.25, -0.2) is 33.5 Å². The van der Waals surface area contributed by atoms with E-state index in [1.807, 2.05) is 0 Å². The van der Waals surface area contributed by atoms with E-state index in [0.717, 1.165) is 24.4 Å². The highest BCUT2D eigenvalue weighted by Gasteiger charge is 2.35. The number of hydrogen-bond acceptors (Lipinski definition) is 7. The number of amides is 2. The predicted molar refractivity (Wildman–Crippen MR) is 126 cm³/mol. The number of alkyl halides is 3. The molecule has 9 nitrogen and oxygen atoms in total. The Bertz CT molecular complexity index is 1370.